The standard InChI is InChI=1S/C20H30N4O.3ClH/c25-20(19-13-15-5-1-2-7-18(15)23-19)22-16-8-11-24(12-9-16)14-17-6-3-4-10-21-17;;;/h3-4,6,10,15-16,18-19,23H,1-2,5,7-9,11-14H2,(H,22,25);3*1H. The summed E-state index contributed by atoms with van der Waals surface area (Å²) in [7, 11) is 0. The van der Waals surface area contributed by atoms with Crippen LogP contribution >= 0.6 is 37.2 Å². The number of nitrogens with zero attached hydrogens (tertiary/aromatic N) is 2. The van der Waals surface area contributed by atoms with Crippen molar-refractivity contribution in [3.63, 3.8) is 0 Å². The van der Waals surface area contributed by atoms with Gasteiger partial charge in [-0.15, -0.1) is 37.2 Å². The number of halogens is 3. The van der Waals surface area contributed by atoms with Gasteiger partial charge < -0.3 is 10.6 Å². The summed E-state index contributed by atoms with van der Waals surface area (Å²) < 4.78 is 0. The fraction of sp³-hybridized carbons (Fsp3) is 0.700. The number of nitrogens with one attached hydrogen (secondary N) is 2. The van der Waals surface area contributed by atoms with Gasteiger partial charge in [0, 0.05) is 37.9 Å². The molecule has 1 aromatic heterocycles. The summed E-state index contributed by atoms with van der Waals surface area (Å²) in [6, 6.07) is 7.04. The van der Waals surface area contributed by atoms with E-state index in [9.17, 15) is 4.79 Å². The maximum atomic E-state index is 12.6. The highest BCUT2D eigenvalue weighted by atomic mass is 35.5. The third kappa shape index (κ3) is 6.46. The van der Waals surface area contributed by atoms with Gasteiger partial charge in [-0.05, 0) is 50.2 Å². The number of fused-ring (bicyclic) bond motifs is 1. The molecule has 0 spiro atoms. The van der Waals surface area contributed by atoms with Crippen molar-refractivity contribution in [2.45, 2.75) is 69.6 Å². The zero-order chi connectivity index (χ0) is 17.1. The van der Waals surface area contributed by atoms with Crippen molar-refractivity contribution in [1.82, 2.24) is 20.5 Å². The Balaban J connectivity index is 0.00000131. The van der Waals surface area contributed by atoms with Crippen molar-refractivity contribution in [2.24, 2.45) is 5.92 Å². The van der Waals surface area contributed by atoms with Gasteiger partial charge in [-0.3, -0.25) is 14.7 Å². The summed E-state index contributed by atoms with van der Waals surface area (Å²) in [5.41, 5.74) is 1.13. The zero-order valence-electron chi connectivity index (χ0n) is 16.2. The second-order valence-corrected chi connectivity index (χ2v) is 7.99. The fourth-order valence-corrected chi connectivity index (χ4v) is 4.78. The molecular formula is C20H33Cl3N4O. The molecule has 1 saturated carbocycles. The lowest BCUT2D eigenvalue weighted by Crippen LogP contribution is -2.50. The summed E-state index contributed by atoms with van der Waals surface area (Å²) in [6.07, 6.45) is 10.2. The van der Waals surface area contributed by atoms with Crippen molar-refractivity contribution in [2.75, 3.05) is 13.1 Å². The highest BCUT2D eigenvalue weighted by Crippen LogP contribution is 2.33. The van der Waals surface area contributed by atoms with Crippen LogP contribution in [0.25, 0.3) is 0 Å². The van der Waals surface area contributed by atoms with Crippen molar-refractivity contribution >= 4 is 43.1 Å². The molecule has 3 atom stereocenters. The van der Waals surface area contributed by atoms with Gasteiger partial charge in [-0.1, -0.05) is 18.9 Å². The minimum Gasteiger partial charge on any atom is -0.352 e. The average Bonchev–Trinajstić information content (AvgIpc) is 3.09. The van der Waals surface area contributed by atoms with E-state index in [-0.39, 0.29) is 49.2 Å². The van der Waals surface area contributed by atoms with E-state index in [4.69, 9.17) is 0 Å². The molecule has 3 heterocycles. The van der Waals surface area contributed by atoms with E-state index in [0.29, 0.717) is 12.1 Å². The SMILES string of the molecule is Cl.Cl.Cl.O=C(NC1CCN(Cc2ccccn2)CC1)C1CC2CCCCC2N1. The minimum absolute atomic E-state index is 0. The molecule has 2 saturated heterocycles. The van der Waals surface area contributed by atoms with Crippen LogP contribution in [0.5, 0.6) is 0 Å². The van der Waals surface area contributed by atoms with E-state index >= 15 is 0 Å². The highest BCUT2D eigenvalue weighted by Gasteiger charge is 2.38. The van der Waals surface area contributed by atoms with E-state index in [1.165, 1.54) is 25.7 Å². The third-order valence-corrected chi connectivity index (χ3v) is 6.22. The lowest BCUT2D eigenvalue weighted by atomic mass is 9.85. The Kier molecular flexibility index (Phi) is 11.1. The number of amides is 1. The second-order valence-electron chi connectivity index (χ2n) is 7.99. The number of hydrogen-bond donors (Lipinski definition) is 2. The first-order valence-corrected chi connectivity index (χ1v) is 9.96. The van der Waals surface area contributed by atoms with Crippen LogP contribution < -0.4 is 10.6 Å². The molecule has 8 heteroatoms. The predicted octanol–water partition coefficient (Wildman–Crippen LogP) is 3.35. The van der Waals surface area contributed by atoms with Crippen molar-refractivity contribution < 1.29 is 4.79 Å². The first-order valence-electron chi connectivity index (χ1n) is 9.96. The number of rotatable bonds is 4. The highest BCUT2D eigenvalue weighted by molar-refractivity contribution is 5.86. The van der Waals surface area contributed by atoms with Crippen molar-refractivity contribution in [3.8, 4) is 0 Å². The molecule has 2 N–H and O–H groups in total. The molecule has 3 aliphatic rings. The quantitative estimate of drug-likeness (QED) is 0.737. The number of likely N-dealkylation sites (tertiary alicyclic amines) is 1. The van der Waals surface area contributed by atoms with Crippen LogP contribution in [0.4, 0.5) is 0 Å². The van der Waals surface area contributed by atoms with Gasteiger partial charge in [-0.25, -0.2) is 0 Å². The van der Waals surface area contributed by atoms with Gasteiger partial charge in [0.15, 0.2) is 0 Å². The van der Waals surface area contributed by atoms with E-state index in [1.54, 1.807) is 0 Å². The summed E-state index contributed by atoms with van der Waals surface area (Å²) in [5, 5.41) is 6.90. The molecule has 3 unspecified atom stereocenters. The van der Waals surface area contributed by atoms with E-state index in [0.717, 1.165) is 50.5 Å². The summed E-state index contributed by atoms with van der Waals surface area (Å²) in [4.78, 5) is 19.5. The van der Waals surface area contributed by atoms with Gasteiger partial charge in [-0.2, -0.15) is 0 Å². The number of aromatic nitrogens is 1. The van der Waals surface area contributed by atoms with Crippen LogP contribution in [0.15, 0.2) is 24.4 Å². The summed E-state index contributed by atoms with van der Waals surface area (Å²) >= 11 is 0. The van der Waals surface area contributed by atoms with Gasteiger partial charge in [0.25, 0.3) is 0 Å². The molecule has 1 aromatic rings. The Morgan fingerprint density at radius 2 is 1.86 bits per heavy atom. The lowest BCUT2D eigenvalue weighted by molar-refractivity contribution is -0.123. The van der Waals surface area contributed by atoms with Crippen LogP contribution in [-0.2, 0) is 11.3 Å². The number of carbonyl (C=O) groups excluding carboxylic acids is 1. The molecule has 5 nitrogen and oxygen atoms in total. The molecule has 3 fully saturated rings. The van der Waals surface area contributed by atoms with Crippen molar-refractivity contribution in [1.29, 1.82) is 0 Å². The molecular weight excluding hydrogens is 419 g/mol. The van der Waals surface area contributed by atoms with Crippen LogP contribution in [0.1, 0.15) is 50.6 Å². The molecule has 28 heavy (non-hydrogen) atoms. The molecule has 160 valence electrons. The number of piperidine rings is 1. The monoisotopic (exact) mass is 450 g/mol. The molecule has 2 aliphatic heterocycles. The third-order valence-electron chi connectivity index (χ3n) is 6.22. The zero-order valence-corrected chi connectivity index (χ0v) is 18.7. The van der Waals surface area contributed by atoms with Crippen LogP contribution in [0.2, 0.25) is 0 Å². The van der Waals surface area contributed by atoms with Crippen LogP contribution in [-0.4, -0.2) is 47.0 Å². The average molecular weight is 452 g/mol. The largest absolute Gasteiger partial charge is 0.352 e. The first-order chi connectivity index (χ1) is 12.3. The van der Waals surface area contributed by atoms with Gasteiger partial charge in [0.05, 0.1) is 11.7 Å². The minimum atomic E-state index is 0. The van der Waals surface area contributed by atoms with Gasteiger partial charge in [0.2, 0.25) is 5.91 Å². The van der Waals surface area contributed by atoms with Crippen LogP contribution in [0, 0.1) is 5.92 Å². The van der Waals surface area contributed by atoms with E-state index in [1.807, 2.05) is 18.3 Å². The Hall–Kier alpha value is -0.590. The number of hydrogen-bond acceptors (Lipinski definition) is 4. The Labute approximate surface area is 187 Å². The topological polar surface area (TPSA) is 57.3 Å². The normalized spacial score (nSPS) is 27.5. The smallest absolute Gasteiger partial charge is 0.237 e. The second kappa shape index (κ2) is 12.2. The Morgan fingerprint density at radius 1 is 1.11 bits per heavy atom. The Bertz CT molecular complexity index is 570. The van der Waals surface area contributed by atoms with Gasteiger partial charge >= 0.3 is 0 Å². The maximum absolute atomic E-state index is 12.6. The summed E-state index contributed by atoms with van der Waals surface area (Å²) in [5.74, 6) is 0.960. The van der Waals surface area contributed by atoms with E-state index < -0.39 is 0 Å². The lowest BCUT2D eigenvalue weighted by Gasteiger charge is -2.32. The molecule has 0 radical (unpaired) electrons. The fourth-order valence-electron chi connectivity index (χ4n) is 4.78. The first kappa shape index (κ1) is 25.4. The maximum Gasteiger partial charge on any atom is 0.237 e. The summed E-state index contributed by atoms with van der Waals surface area (Å²) in [6.45, 7) is 2.98. The number of carbonyl (C=O) groups is 1. The molecule has 0 bridgehead atoms. The predicted molar refractivity (Wildman–Crippen MR) is 120 cm³/mol. The Morgan fingerprint density at radius 3 is 2.54 bits per heavy atom. The molecule has 1 aliphatic carbocycles. The number of pyridine rings is 1. The van der Waals surface area contributed by atoms with E-state index in [2.05, 4.69) is 26.6 Å². The van der Waals surface area contributed by atoms with Crippen molar-refractivity contribution in [3.05, 3.63) is 30.1 Å². The molecule has 1 amide bonds. The van der Waals surface area contributed by atoms with Gasteiger partial charge in [0.1, 0.15) is 0 Å². The van der Waals surface area contributed by atoms with Crippen LogP contribution in [0.3, 0.4) is 0 Å². The molecule has 0 aromatic carbocycles. The molecule has 4 rings (SSSR count).